The minimum absolute atomic E-state index is 0.214. The maximum absolute atomic E-state index is 11.5. The van der Waals surface area contributed by atoms with E-state index in [2.05, 4.69) is 12.2 Å². The van der Waals surface area contributed by atoms with E-state index in [-0.39, 0.29) is 11.3 Å². The summed E-state index contributed by atoms with van der Waals surface area (Å²) in [4.78, 5) is 13.3. The van der Waals surface area contributed by atoms with E-state index in [0.717, 1.165) is 19.6 Å². The monoisotopic (exact) mass is 154 g/mol. The van der Waals surface area contributed by atoms with E-state index < -0.39 is 0 Å². The van der Waals surface area contributed by atoms with Gasteiger partial charge in [-0.05, 0) is 0 Å². The van der Waals surface area contributed by atoms with Gasteiger partial charge in [0.15, 0.2) is 0 Å². The molecule has 0 spiro atoms. The van der Waals surface area contributed by atoms with Crippen LogP contribution < -0.4 is 5.32 Å². The number of fused-ring (bicyclic) bond motifs is 1. The van der Waals surface area contributed by atoms with Gasteiger partial charge in [0, 0.05) is 32.1 Å². The van der Waals surface area contributed by atoms with Gasteiger partial charge in [0.2, 0.25) is 5.91 Å². The van der Waals surface area contributed by atoms with Crippen LogP contribution in [0.3, 0.4) is 0 Å². The molecule has 62 valence electrons. The number of carbonyl (C=O) groups excluding carboxylic acids is 1. The summed E-state index contributed by atoms with van der Waals surface area (Å²) < 4.78 is 0. The number of carbonyl (C=O) groups is 1. The number of likely N-dealkylation sites (tertiary alicyclic amines) is 1. The van der Waals surface area contributed by atoms with Crippen LogP contribution in [0.25, 0.3) is 0 Å². The molecule has 2 atom stereocenters. The van der Waals surface area contributed by atoms with Crippen molar-refractivity contribution in [3.63, 3.8) is 0 Å². The molecule has 1 N–H and O–H groups in total. The largest absolute Gasteiger partial charge is 0.345 e. The van der Waals surface area contributed by atoms with Crippen molar-refractivity contribution in [2.75, 3.05) is 26.7 Å². The highest BCUT2D eigenvalue weighted by Crippen LogP contribution is 2.38. The number of hydrogen-bond acceptors (Lipinski definition) is 2. The van der Waals surface area contributed by atoms with E-state index in [1.165, 1.54) is 0 Å². The molecule has 2 aliphatic rings. The first-order valence-corrected chi connectivity index (χ1v) is 4.09. The van der Waals surface area contributed by atoms with Gasteiger partial charge in [0.05, 0.1) is 5.92 Å². The molecule has 0 aliphatic carbocycles. The molecule has 0 aromatic carbocycles. The van der Waals surface area contributed by atoms with Crippen molar-refractivity contribution in [2.45, 2.75) is 6.92 Å². The normalized spacial score (nSPS) is 43.3. The van der Waals surface area contributed by atoms with Gasteiger partial charge < -0.3 is 10.2 Å². The lowest BCUT2D eigenvalue weighted by molar-refractivity contribution is -0.129. The molecule has 0 radical (unpaired) electrons. The number of nitrogens with one attached hydrogen (secondary N) is 1. The average molecular weight is 154 g/mol. The molecule has 2 heterocycles. The molecule has 0 unspecified atom stereocenters. The van der Waals surface area contributed by atoms with Gasteiger partial charge >= 0.3 is 0 Å². The highest BCUT2D eigenvalue weighted by Gasteiger charge is 2.50. The van der Waals surface area contributed by atoms with Crippen LogP contribution in [-0.4, -0.2) is 37.5 Å². The van der Waals surface area contributed by atoms with Gasteiger partial charge in [-0.1, -0.05) is 6.92 Å². The molecular weight excluding hydrogens is 140 g/mol. The van der Waals surface area contributed by atoms with E-state index in [4.69, 9.17) is 0 Å². The Balaban J connectivity index is 2.28. The summed E-state index contributed by atoms with van der Waals surface area (Å²) in [5.41, 5.74) is 0.214. The Morgan fingerprint density at radius 3 is 3.09 bits per heavy atom. The quantitative estimate of drug-likeness (QED) is 0.519. The molecule has 2 saturated heterocycles. The number of hydrogen-bond donors (Lipinski definition) is 1. The topological polar surface area (TPSA) is 32.3 Å². The first kappa shape index (κ1) is 7.10. The second kappa shape index (κ2) is 1.97. The Labute approximate surface area is 66.8 Å². The molecule has 0 saturated carbocycles. The lowest BCUT2D eigenvalue weighted by atomic mass is 9.83. The zero-order valence-electron chi connectivity index (χ0n) is 7.05. The van der Waals surface area contributed by atoms with Crippen molar-refractivity contribution in [3.05, 3.63) is 0 Å². The van der Waals surface area contributed by atoms with Crippen LogP contribution in [0.4, 0.5) is 0 Å². The van der Waals surface area contributed by atoms with E-state index in [1.54, 1.807) is 0 Å². The summed E-state index contributed by atoms with van der Waals surface area (Å²) in [7, 11) is 1.89. The molecule has 2 aliphatic heterocycles. The number of amides is 1. The maximum atomic E-state index is 11.5. The summed E-state index contributed by atoms with van der Waals surface area (Å²) in [6, 6.07) is 0. The van der Waals surface area contributed by atoms with Gasteiger partial charge in [-0.2, -0.15) is 0 Å². The van der Waals surface area contributed by atoms with E-state index >= 15 is 0 Å². The van der Waals surface area contributed by atoms with Gasteiger partial charge in [0.1, 0.15) is 0 Å². The first-order valence-electron chi connectivity index (χ1n) is 4.09. The smallest absolute Gasteiger partial charge is 0.227 e. The van der Waals surface area contributed by atoms with E-state index in [9.17, 15) is 4.79 Å². The minimum atomic E-state index is 0.214. The van der Waals surface area contributed by atoms with Crippen LogP contribution >= 0.6 is 0 Å². The van der Waals surface area contributed by atoms with Crippen LogP contribution in [0, 0.1) is 11.3 Å². The molecule has 3 heteroatoms. The Kier molecular flexibility index (Phi) is 1.27. The predicted molar refractivity (Wildman–Crippen MR) is 42.1 cm³/mol. The van der Waals surface area contributed by atoms with Gasteiger partial charge in [-0.15, -0.1) is 0 Å². The number of nitrogens with zero attached hydrogens (tertiary/aromatic N) is 1. The maximum Gasteiger partial charge on any atom is 0.227 e. The zero-order chi connectivity index (χ0) is 8.06. The molecule has 11 heavy (non-hydrogen) atoms. The van der Waals surface area contributed by atoms with Crippen LogP contribution in [0.2, 0.25) is 0 Å². The molecule has 0 bridgehead atoms. The standard InChI is InChI=1S/C8H14N2O/c1-8-4-9-3-6(8)7(11)10(2)5-8/h6,9H,3-5H2,1-2H3/t6-,8+/m1/s1. The van der Waals surface area contributed by atoms with Crippen molar-refractivity contribution in [3.8, 4) is 0 Å². The molecule has 0 aromatic heterocycles. The molecule has 0 aromatic rings. The van der Waals surface area contributed by atoms with Crippen LogP contribution in [0.5, 0.6) is 0 Å². The second-order valence-corrected chi connectivity index (χ2v) is 4.03. The molecule has 1 amide bonds. The Bertz CT molecular complexity index is 204. The van der Waals surface area contributed by atoms with Crippen molar-refractivity contribution in [2.24, 2.45) is 11.3 Å². The second-order valence-electron chi connectivity index (χ2n) is 4.03. The van der Waals surface area contributed by atoms with Crippen LogP contribution in [0.1, 0.15) is 6.92 Å². The number of rotatable bonds is 0. The predicted octanol–water partition coefficient (Wildman–Crippen LogP) is -0.316. The Hall–Kier alpha value is -0.570. The molecular formula is C8H14N2O. The third kappa shape index (κ3) is 0.805. The lowest BCUT2D eigenvalue weighted by Gasteiger charge is -2.19. The molecule has 3 nitrogen and oxygen atoms in total. The fourth-order valence-electron chi connectivity index (χ4n) is 2.31. The van der Waals surface area contributed by atoms with Crippen molar-refractivity contribution in [1.29, 1.82) is 0 Å². The third-order valence-corrected chi connectivity index (χ3v) is 2.99. The van der Waals surface area contributed by atoms with E-state index in [0.29, 0.717) is 5.91 Å². The van der Waals surface area contributed by atoms with Gasteiger partial charge in [-0.25, -0.2) is 0 Å². The highest BCUT2D eigenvalue weighted by atomic mass is 16.2. The average Bonchev–Trinajstić information content (AvgIpc) is 2.36. The SMILES string of the molecule is CN1C[C@]2(C)CNC[C@@H]2C1=O. The highest BCUT2D eigenvalue weighted by molar-refractivity contribution is 5.82. The van der Waals surface area contributed by atoms with Gasteiger partial charge in [0.25, 0.3) is 0 Å². The molecule has 2 fully saturated rings. The summed E-state index contributed by atoms with van der Waals surface area (Å²) >= 11 is 0. The fourth-order valence-corrected chi connectivity index (χ4v) is 2.31. The zero-order valence-corrected chi connectivity index (χ0v) is 7.05. The van der Waals surface area contributed by atoms with Crippen LogP contribution in [-0.2, 0) is 4.79 Å². The van der Waals surface area contributed by atoms with Crippen molar-refractivity contribution >= 4 is 5.91 Å². The van der Waals surface area contributed by atoms with Crippen molar-refractivity contribution in [1.82, 2.24) is 10.2 Å². The first-order chi connectivity index (χ1) is 5.13. The Morgan fingerprint density at radius 1 is 1.73 bits per heavy atom. The fraction of sp³-hybridized carbons (Fsp3) is 0.875. The van der Waals surface area contributed by atoms with E-state index in [1.807, 2.05) is 11.9 Å². The summed E-state index contributed by atoms with van der Waals surface area (Å²) in [6.45, 7) is 4.98. The lowest BCUT2D eigenvalue weighted by Crippen LogP contribution is -2.28. The third-order valence-electron chi connectivity index (χ3n) is 2.99. The summed E-state index contributed by atoms with van der Waals surface area (Å²) in [5.74, 6) is 0.560. The molecule has 2 rings (SSSR count). The van der Waals surface area contributed by atoms with Gasteiger partial charge in [-0.3, -0.25) is 4.79 Å². The Morgan fingerprint density at radius 2 is 2.45 bits per heavy atom. The minimum Gasteiger partial charge on any atom is -0.345 e. The van der Waals surface area contributed by atoms with Crippen LogP contribution in [0.15, 0.2) is 0 Å². The summed E-state index contributed by atoms with van der Waals surface area (Å²) in [5, 5.41) is 3.27. The van der Waals surface area contributed by atoms with Crippen molar-refractivity contribution < 1.29 is 4.79 Å². The summed E-state index contributed by atoms with van der Waals surface area (Å²) in [6.07, 6.45) is 0.